The third-order valence-electron chi connectivity index (χ3n) is 5.33. The molecule has 0 aromatic heterocycles. The minimum atomic E-state index is -0.117. The van der Waals surface area contributed by atoms with Crippen molar-refractivity contribution >= 4 is 28.3 Å². The van der Waals surface area contributed by atoms with Crippen molar-refractivity contribution in [1.29, 1.82) is 0 Å². The molecule has 1 saturated heterocycles. The first-order valence-electron chi connectivity index (χ1n) is 9.86. The number of nitrogens with one attached hydrogen (secondary N) is 1. The van der Waals surface area contributed by atoms with Crippen LogP contribution >= 0.6 is 0 Å². The Balaban J connectivity index is 1.38. The number of carbonyl (C=O) groups is 2. The average Bonchev–Trinajstić information content (AvgIpc) is 3.27. The number of benzene rings is 3. The molecule has 4 rings (SSSR count). The average molecular weight is 372 g/mol. The number of fused-ring (bicyclic) bond motifs is 1. The molecule has 1 aliphatic rings. The van der Waals surface area contributed by atoms with Gasteiger partial charge in [-0.25, -0.2) is 0 Å². The van der Waals surface area contributed by atoms with Crippen LogP contribution in [-0.2, 0) is 11.2 Å². The molecule has 0 aliphatic carbocycles. The summed E-state index contributed by atoms with van der Waals surface area (Å²) in [5.41, 5.74) is 2.53. The second-order valence-electron chi connectivity index (χ2n) is 7.27. The lowest BCUT2D eigenvalue weighted by Gasteiger charge is -2.15. The normalized spacial score (nSPS) is 13.6. The van der Waals surface area contributed by atoms with Crippen molar-refractivity contribution in [3.63, 3.8) is 0 Å². The van der Waals surface area contributed by atoms with Crippen LogP contribution in [0.15, 0.2) is 66.7 Å². The van der Waals surface area contributed by atoms with Gasteiger partial charge in [0.2, 0.25) is 5.91 Å². The summed E-state index contributed by atoms with van der Waals surface area (Å²) in [7, 11) is 0. The number of hydrogen-bond acceptors (Lipinski definition) is 2. The van der Waals surface area contributed by atoms with E-state index in [2.05, 4.69) is 5.32 Å². The van der Waals surface area contributed by atoms with Crippen LogP contribution in [0.1, 0.15) is 35.2 Å². The maximum atomic E-state index is 12.7. The molecular formula is C24H24N2O2. The number of rotatable bonds is 5. The zero-order chi connectivity index (χ0) is 19.3. The fourth-order valence-corrected chi connectivity index (χ4v) is 3.75. The molecule has 4 heteroatoms. The van der Waals surface area contributed by atoms with Gasteiger partial charge in [-0.1, -0.05) is 48.5 Å². The lowest BCUT2D eigenvalue weighted by atomic mass is 10.0. The van der Waals surface area contributed by atoms with Gasteiger partial charge in [-0.05, 0) is 53.8 Å². The molecule has 3 aromatic carbocycles. The van der Waals surface area contributed by atoms with E-state index in [1.807, 2.05) is 71.6 Å². The van der Waals surface area contributed by atoms with E-state index in [9.17, 15) is 9.59 Å². The molecule has 3 aromatic rings. The first-order chi connectivity index (χ1) is 13.7. The predicted octanol–water partition coefficient (Wildman–Crippen LogP) is 4.65. The number of carbonyl (C=O) groups excluding carboxylic acids is 2. The van der Waals surface area contributed by atoms with Crippen LogP contribution in [0.5, 0.6) is 0 Å². The molecule has 0 atom stereocenters. The van der Waals surface area contributed by atoms with Crippen molar-refractivity contribution < 1.29 is 9.59 Å². The molecule has 1 heterocycles. The van der Waals surface area contributed by atoms with E-state index in [0.717, 1.165) is 54.4 Å². The van der Waals surface area contributed by atoms with Crippen LogP contribution < -0.4 is 5.32 Å². The number of hydrogen-bond donors (Lipinski definition) is 1. The van der Waals surface area contributed by atoms with Gasteiger partial charge in [0.1, 0.15) is 0 Å². The van der Waals surface area contributed by atoms with E-state index in [0.29, 0.717) is 12.0 Å². The zero-order valence-electron chi connectivity index (χ0n) is 15.9. The van der Waals surface area contributed by atoms with Gasteiger partial charge in [0.05, 0.1) is 0 Å². The van der Waals surface area contributed by atoms with Gasteiger partial charge in [-0.15, -0.1) is 0 Å². The second kappa shape index (κ2) is 8.26. The Morgan fingerprint density at radius 2 is 1.57 bits per heavy atom. The fourth-order valence-electron chi connectivity index (χ4n) is 3.75. The smallest absolute Gasteiger partial charge is 0.256 e. The van der Waals surface area contributed by atoms with E-state index in [4.69, 9.17) is 0 Å². The third kappa shape index (κ3) is 4.06. The Morgan fingerprint density at radius 3 is 2.36 bits per heavy atom. The van der Waals surface area contributed by atoms with Crippen LogP contribution in [-0.4, -0.2) is 29.8 Å². The summed E-state index contributed by atoms with van der Waals surface area (Å²) < 4.78 is 0. The van der Waals surface area contributed by atoms with Crippen molar-refractivity contribution in [2.75, 3.05) is 18.4 Å². The summed E-state index contributed by atoms with van der Waals surface area (Å²) in [5.74, 6) is 0.125. The molecular weight excluding hydrogens is 348 g/mol. The summed E-state index contributed by atoms with van der Waals surface area (Å²) >= 11 is 0. The predicted molar refractivity (Wildman–Crippen MR) is 112 cm³/mol. The standard InChI is InChI=1S/C24H24N2O2/c27-23(26-16-3-4-17-26)15-12-18-10-13-20(14-11-18)25-24(28)22-9-5-7-19-6-1-2-8-21(19)22/h1-2,5-11,13-14H,3-4,12,15-17H2,(H,25,28). The molecule has 0 bridgehead atoms. The Morgan fingerprint density at radius 1 is 0.857 bits per heavy atom. The lowest BCUT2D eigenvalue weighted by Crippen LogP contribution is -2.27. The number of nitrogens with zero attached hydrogens (tertiary/aromatic N) is 1. The van der Waals surface area contributed by atoms with Crippen molar-refractivity contribution in [2.45, 2.75) is 25.7 Å². The topological polar surface area (TPSA) is 49.4 Å². The molecule has 1 fully saturated rings. The lowest BCUT2D eigenvalue weighted by molar-refractivity contribution is -0.130. The van der Waals surface area contributed by atoms with E-state index in [1.54, 1.807) is 0 Å². The first-order valence-corrected chi connectivity index (χ1v) is 9.86. The molecule has 0 spiro atoms. The zero-order valence-corrected chi connectivity index (χ0v) is 15.9. The Hall–Kier alpha value is -3.14. The number of likely N-dealkylation sites (tertiary alicyclic amines) is 1. The van der Waals surface area contributed by atoms with Gasteiger partial charge < -0.3 is 10.2 Å². The van der Waals surface area contributed by atoms with E-state index in [1.165, 1.54) is 0 Å². The minimum Gasteiger partial charge on any atom is -0.343 e. The molecule has 142 valence electrons. The summed E-state index contributed by atoms with van der Waals surface area (Å²) in [6.07, 6.45) is 3.52. The van der Waals surface area contributed by atoms with Crippen LogP contribution in [0.4, 0.5) is 5.69 Å². The van der Waals surface area contributed by atoms with Crippen molar-refractivity contribution in [3.8, 4) is 0 Å². The SMILES string of the molecule is O=C(Nc1ccc(CCC(=O)N2CCCC2)cc1)c1cccc2ccccc12. The summed E-state index contributed by atoms with van der Waals surface area (Å²) in [5, 5.41) is 4.97. The van der Waals surface area contributed by atoms with Crippen molar-refractivity contribution in [3.05, 3.63) is 77.9 Å². The Bertz CT molecular complexity index is 984. The summed E-state index contributed by atoms with van der Waals surface area (Å²) in [4.78, 5) is 26.8. The first kappa shape index (κ1) is 18.2. The molecule has 1 N–H and O–H groups in total. The highest BCUT2D eigenvalue weighted by atomic mass is 16.2. The monoisotopic (exact) mass is 372 g/mol. The summed E-state index contributed by atoms with van der Waals surface area (Å²) in [6.45, 7) is 1.80. The molecule has 0 radical (unpaired) electrons. The second-order valence-corrected chi connectivity index (χ2v) is 7.27. The van der Waals surface area contributed by atoms with E-state index in [-0.39, 0.29) is 11.8 Å². The summed E-state index contributed by atoms with van der Waals surface area (Å²) in [6, 6.07) is 21.4. The van der Waals surface area contributed by atoms with E-state index < -0.39 is 0 Å². The molecule has 0 saturated carbocycles. The molecule has 2 amide bonds. The molecule has 28 heavy (non-hydrogen) atoms. The van der Waals surface area contributed by atoms with Gasteiger partial charge in [0.25, 0.3) is 5.91 Å². The highest BCUT2D eigenvalue weighted by Crippen LogP contribution is 2.20. The van der Waals surface area contributed by atoms with Gasteiger partial charge in [-0.3, -0.25) is 9.59 Å². The highest BCUT2D eigenvalue weighted by molar-refractivity contribution is 6.12. The Kier molecular flexibility index (Phi) is 5.38. The van der Waals surface area contributed by atoms with Gasteiger partial charge >= 0.3 is 0 Å². The van der Waals surface area contributed by atoms with Crippen LogP contribution in [0, 0.1) is 0 Å². The Labute approximate surface area is 165 Å². The maximum Gasteiger partial charge on any atom is 0.256 e. The van der Waals surface area contributed by atoms with Gasteiger partial charge in [-0.2, -0.15) is 0 Å². The number of amides is 2. The number of anilines is 1. The third-order valence-corrected chi connectivity index (χ3v) is 5.33. The maximum absolute atomic E-state index is 12.7. The largest absolute Gasteiger partial charge is 0.343 e. The van der Waals surface area contributed by atoms with Crippen LogP contribution in [0.25, 0.3) is 10.8 Å². The van der Waals surface area contributed by atoms with Crippen LogP contribution in [0.3, 0.4) is 0 Å². The van der Waals surface area contributed by atoms with Crippen molar-refractivity contribution in [1.82, 2.24) is 4.90 Å². The van der Waals surface area contributed by atoms with E-state index >= 15 is 0 Å². The molecule has 1 aliphatic heterocycles. The highest BCUT2D eigenvalue weighted by Gasteiger charge is 2.17. The number of aryl methyl sites for hydroxylation is 1. The molecule has 4 nitrogen and oxygen atoms in total. The minimum absolute atomic E-state index is 0.117. The van der Waals surface area contributed by atoms with Crippen molar-refractivity contribution in [2.24, 2.45) is 0 Å². The van der Waals surface area contributed by atoms with Crippen LogP contribution in [0.2, 0.25) is 0 Å². The molecule has 0 unspecified atom stereocenters. The fraction of sp³-hybridized carbons (Fsp3) is 0.250. The quantitative estimate of drug-likeness (QED) is 0.709. The van der Waals surface area contributed by atoms with Gasteiger partial charge in [0, 0.05) is 30.8 Å². The van der Waals surface area contributed by atoms with Gasteiger partial charge in [0.15, 0.2) is 0 Å².